The van der Waals surface area contributed by atoms with Crippen LogP contribution in [0.25, 0.3) is 0 Å². The number of rotatable bonds is 6. The van der Waals surface area contributed by atoms with Crippen molar-refractivity contribution in [3.63, 3.8) is 0 Å². The van der Waals surface area contributed by atoms with Gasteiger partial charge in [0.25, 0.3) is 0 Å². The lowest BCUT2D eigenvalue weighted by atomic mass is 10.1. The summed E-state index contributed by atoms with van der Waals surface area (Å²) in [5.41, 5.74) is 2.05. The van der Waals surface area contributed by atoms with Crippen LogP contribution in [0.1, 0.15) is 28.8 Å². The third-order valence-electron chi connectivity index (χ3n) is 4.81. The molecule has 3 rings (SSSR count). The number of para-hydroxylation sites is 1. The summed E-state index contributed by atoms with van der Waals surface area (Å²) in [5, 5.41) is 0. The number of anilines is 1. The molecule has 0 amide bonds. The Balaban J connectivity index is 1.91. The highest BCUT2D eigenvalue weighted by molar-refractivity contribution is 7.89. The van der Waals surface area contributed by atoms with Gasteiger partial charge in [0.05, 0.1) is 17.6 Å². The van der Waals surface area contributed by atoms with Crippen LogP contribution in [0.2, 0.25) is 0 Å². The van der Waals surface area contributed by atoms with Crippen molar-refractivity contribution in [3.05, 3.63) is 59.7 Å². The van der Waals surface area contributed by atoms with Crippen molar-refractivity contribution < 1.29 is 17.9 Å². The standard InChI is InChI=1S/C20H24N2O4S/c1-21(15-16-9-3-5-11-18(16)22-13-7-8-14-22)27(24,25)19-12-6-4-10-17(19)20(23)26-2/h3-6,9-12H,7-8,13-15H2,1-2H3. The third-order valence-corrected chi connectivity index (χ3v) is 6.67. The maximum absolute atomic E-state index is 13.1. The second-order valence-corrected chi connectivity index (χ2v) is 8.58. The summed E-state index contributed by atoms with van der Waals surface area (Å²) >= 11 is 0. The molecule has 6 nitrogen and oxygen atoms in total. The van der Waals surface area contributed by atoms with Crippen LogP contribution >= 0.6 is 0 Å². The molecule has 2 aromatic rings. The van der Waals surface area contributed by atoms with E-state index in [1.54, 1.807) is 12.1 Å². The molecule has 27 heavy (non-hydrogen) atoms. The van der Waals surface area contributed by atoms with Gasteiger partial charge < -0.3 is 9.64 Å². The molecule has 1 aliphatic heterocycles. The number of esters is 1. The van der Waals surface area contributed by atoms with Gasteiger partial charge in [-0.3, -0.25) is 0 Å². The van der Waals surface area contributed by atoms with Crippen LogP contribution in [0.5, 0.6) is 0 Å². The number of carbonyl (C=O) groups is 1. The maximum atomic E-state index is 13.1. The number of nitrogens with zero attached hydrogens (tertiary/aromatic N) is 2. The van der Waals surface area contributed by atoms with Crippen LogP contribution in [0.3, 0.4) is 0 Å². The fourth-order valence-electron chi connectivity index (χ4n) is 3.37. The number of carbonyl (C=O) groups excluding carboxylic acids is 1. The Labute approximate surface area is 160 Å². The summed E-state index contributed by atoms with van der Waals surface area (Å²) in [7, 11) is -1.08. The molecule has 0 spiro atoms. The molecular weight excluding hydrogens is 364 g/mol. The lowest BCUT2D eigenvalue weighted by Crippen LogP contribution is -2.29. The first-order valence-corrected chi connectivity index (χ1v) is 10.4. The summed E-state index contributed by atoms with van der Waals surface area (Å²) in [6.07, 6.45) is 2.30. The molecule has 1 aliphatic rings. The van der Waals surface area contributed by atoms with Gasteiger partial charge in [-0.25, -0.2) is 13.2 Å². The molecule has 1 heterocycles. The molecule has 1 fully saturated rings. The van der Waals surface area contributed by atoms with Gasteiger partial charge in [-0.05, 0) is 36.6 Å². The predicted octanol–water partition coefficient (Wildman–Crippen LogP) is 2.89. The smallest absolute Gasteiger partial charge is 0.339 e. The molecular formula is C20H24N2O4S. The third kappa shape index (κ3) is 3.99. The summed E-state index contributed by atoms with van der Waals surface area (Å²) < 4.78 is 32.2. The number of hydrogen-bond donors (Lipinski definition) is 0. The zero-order valence-corrected chi connectivity index (χ0v) is 16.4. The van der Waals surface area contributed by atoms with Gasteiger partial charge in [0.2, 0.25) is 10.0 Å². The van der Waals surface area contributed by atoms with Crippen molar-refractivity contribution in [2.45, 2.75) is 24.3 Å². The Morgan fingerprint density at radius 2 is 1.70 bits per heavy atom. The molecule has 0 N–H and O–H groups in total. The SMILES string of the molecule is COC(=O)c1ccccc1S(=O)(=O)N(C)Cc1ccccc1N1CCCC1. The molecule has 2 aromatic carbocycles. The highest BCUT2D eigenvalue weighted by atomic mass is 32.2. The van der Waals surface area contributed by atoms with E-state index in [2.05, 4.69) is 4.90 Å². The van der Waals surface area contributed by atoms with Gasteiger partial charge in [0, 0.05) is 32.4 Å². The molecule has 0 saturated carbocycles. The minimum absolute atomic E-state index is 0.0414. The summed E-state index contributed by atoms with van der Waals surface area (Å²) in [6, 6.07) is 14.0. The van der Waals surface area contributed by atoms with E-state index in [1.165, 1.54) is 30.6 Å². The van der Waals surface area contributed by atoms with Gasteiger partial charge in [-0.15, -0.1) is 0 Å². The molecule has 0 aliphatic carbocycles. The molecule has 0 atom stereocenters. The Morgan fingerprint density at radius 1 is 1.07 bits per heavy atom. The van der Waals surface area contributed by atoms with Gasteiger partial charge in [0.1, 0.15) is 0 Å². The van der Waals surface area contributed by atoms with E-state index in [0.717, 1.165) is 37.2 Å². The van der Waals surface area contributed by atoms with Gasteiger partial charge in [0.15, 0.2) is 0 Å². The second kappa shape index (κ2) is 8.10. The summed E-state index contributed by atoms with van der Waals surface area (Å²) in [5.74, 6) is -0.667. The van der Waals surface area contributed by atoms with Crippen molar-refractivity contribution in [1.29, 1.82) is 0 Å². The van der Waals surface area contributed by atoms with E-state index in [0.29, 0.717) is 0 Å². The monoisotopic (exact) mass is 388 g/mol. The Bertz CT molecular complexity index is 921. The van der Waals surface area contributed by atoms with Crippen molar-refractivity contribution in [1.82, 2.24) is 4.31 Å². The first-order valence-electron chi connectivity index (χ1n) is 8.91. The van der Waals surface area contributed by atoms with Gasteiger partial charge in [-0.1, -0.05) is 30.3 Å². The normalized spacial score (nSPS) is 14.6. The quantitative estimate of drug-likeness (QED) is 0.712. The average molecular weight is 388 g/mol. The van der Waals surface area contributed by atoms with E-state index in [-0.39, 0.29) is 17.0 Å². The topological polar surface area (TPSA) is 66.9 Å². The molecule has 0 radical (unpaired) electrons. The fourth-order valence-corrected chi connectivity index (χ4v) is 4.70. The molecule has 1 saturated heterocycles. The van der Waals surface area contributed by atoms with Crippen LogP contribution in [-0.2, 0) is 21.3 Å². The highest BCUT2D eigenvalue weighted by Gasteiger charge is 2.28. The first kappa shape index (κ1) is 19.4. The highest BCUT2D eigenvalue weighted by Crippen LogP contribution is 2.28. The van der Waals surface area contributed by atoms with Crippen molar-refractivity contribution >= 4 is 21.7 Å². The van der Waals surface area contributed by atoms with Crippen LogP contribution in [-0.4, -0.2) is 45.9 Å². The summed E-state index contributed by atoms with van der Waals surface area (Å²) in [4.78, 5) is 14.2. The Morgan fingerprint density at radius 3 is 2.41 bits per heavy atom. The van der Waals surface area contributed by atoms with Crippen molar-refractivity contribution in [2.24, 2.45) is 0 Å². The summed E-state index contributed by atoms with van der Waals surface area (Å²) in [6.45, 7) is 2.20. The number of sulfonamides is 1. The van der Waals surface area contributed by atoms with Crippen molar-refractivity contribution in [3.8, 4) is 0 Å². The van der Waals surface area contributed by atoms with Crippen LogP contribution in [0, 0.1) is 0 Å². The van der Waals surface area contributed by atoms with E-state index in [9.17, 15) is 13.2 Å². The number of hydrogen-bond acceptors (Lipinski definition) is 5. The molecule has 7 heteroatoms. The molecule has 0 bridgehead atoms. The molecule has 144 valence electrons. The van der Waals surface area contributed by atoms with Crippen LogP contribution in [0.15, 0.2) is 53.4 Å². The number of benzene rings is 2. The minimum Gasteiger partial charge on any atom is -0.465 e. The van der Waals surface area contributed by atoms with E-state index in [4.69, 9.17) is 4.74 Å². The second-order valence-electron chi connectivity index (χ2n) is 6.57. The number of ether oxygens (including phenoxy) is 1. The van der Waals surface area contributed by atoms with Crippen LogP contribution in [0.4, 0.5) is 5.69 Å². The molecule has 0 aromatic heterocycles. The average Bonchev–Trinajstić information content (AvgIpc) is 3.22. The van der Waals surface area contributed by atoms with Gasteiger partial charge >= 0.3 is 5.97 Å². The zero-order chi connectivity index (χ0) is 19.4. The number of methoxy groups -OCH3 is 1. The van der Waals surface area contributed by atoms with Crippen LogP contribution < -0.4 is 4.90 Å². The Kier molecular flexibility index (Phi) is 5.82. The van der Waals surface area contributed by atoms with E-state index < -0.39 is 16.0 Å². The fraction of sp³-hybridized carbons (Fsp3) is 0.350. The van der Waals surface area contributed by atoms with E-state index in [1.807, 2.05) is 24.3 Å². The van der Waals surface area contributed by atoms with Gasteiger partial charge in [-0.2, -0.15) is 4.31 Å². The first-order chi connectivity index (χ1) is 12.9. The van der Waals surface area contributed by atoms with Crippen molar-refractivity contribution in [2.75, 3.05) is 32.1 Å². The van der Waals surface area contributed by atoms with E-state index >= 15 is 0 Å². The predicted molar refractivity (Wildman–Crippen MR) is 104 cm³/mol. The minimum atomic E-state index is -3.85. The Hall–Kier alpha value is -2.38. The zero-order valence-electron chi connectivity index (χ0n) is 15.6. The lowest BCUT2D eigenvalue weighted by Gasteiger charge is -2.24. The lowest BCUT2D eigenvalue weighted by molar-refractivity contribution is 0.0596. The molecule has 0 unspecified atom stereocenters. The largest absolute Gasteiger partial charge is 0.465 e. The maximum Gasteiger partial charge on any atom is 0.339 e.